The van der Waals surface area contributed by atoms with Gasteiger partial charge in [-0.3, -0.25) is 0 Å². The maximum atomic E-state index is 5.18. The lowest BCUT2D eigenvalue weighted by Gasteiger charge is -2.28. The summed E-state index contributed by atoms with van der Waals surface area (Å²) in [7, 11) is 0. The minimum atomic E-state index is 0.897. The van der Waals surface area contributed by atoms with Crippen LogP contribution < -0.4 is 19.6 Å². The van der Waals surface area contributed by atoms with E-state index in [0.29, 0.717) is 0 Å². The van der Waals surface area contributed by atoms with E-state index >= 15 is 0 Å². The first kappa shape index (κ1) is 67.0. The predicted molar refractivity (Wildman–Crippen MR) is 460 cm³/mol. The summed E-state index contributed by atoms with van der Waals surface area (Å²) in [5.41, 5.74) is 27.0. The van der Waals surface area contributed by atoms with Crippen LogP contribution in [0.2, 0.25) is 0 Å². The highest BCUT2D eigenvalue weighted by Gasteiger charge is 2.20. The van der Waals surface area contributed by atoms with Gasteiger partial charge in [0.05, 0.1) is 44.8 Å². The molecule has 520 valence electrons. The molecular weight excluding hydrogens is 1340 g/mol. The highest BCUT2D eigenvalue weighted by molar-refractivity contribution is 6.06. The van der Waals surface area contributed by atoms with Crippen LogP contribution in [-0.2, 0) is 0 Å². The van der Waals surface area contributed by atoms with Gasteiger partial charge in [-0.25, -0.2) is 19.9 Å². The highest BCUT2D eigenvalue weighted by atomic mass is 15.2. The molecule has 8 nitrogen and oxygen atoms in total. The van der Waals surface area contributed by atoms with Crippen LogP contribution >= 0.6 is 0 Å². The van der Waals surface area contributed by atoms with Crippen molar-refractivity contribution >= 4 is 112 Å². The van der Waals surface area contributed by atoms with Gasteiger partial charge in [0.2, 0.25) is 0 Å². The van der Waals surface area contributed by atoms with Crippen LogP contribution in [0.15, 0.2) is 437 Å². The second-order valence-corrected chi connectivity index (χ2v) is 27.0. The summed E-state index contributed by atoms with van der Waals surface area (Å²) in [5, 5.41) is 4.27. The first-order valence-corrected chi connectivity index (χ1v) is 37.1. The number of nitrogens with zero attached hydrogens (tertiary/aromatic N) is 8. The first-order valence-electron chi connectivity index (χ1n) is 37.1. The molecule has 19 rings (SSSR count). The van der Waals surface area contributed by atoms with Crippen molar-refractivity contribution in [1.82, 2.24) is 19.9 Å². The summed E-state index contributed by atoms with van der Waals surface area (Å²) in [4.78, 5) is 29.7. The van der Waals surface area contributed by atoms with Gasteiger partial charge >= 0.3 is 0 Å². The number of aromatic nitrogens is 4. The van der Waals surface area contributed by atoms with Gasteiger partial charge in [-0.05, 0) is 187 Å². The van der Waals surface area contributed by atoms with Gasteiger partial charge in [-0.15, -0.1) is 0 Å². The van der Waals surface area contributed by atoms with Gasteiger partial charge in [-0.1, -0.05) is 261 Å². The summed E-state index contributed by atoms with van der Waals surface area (Å²) in [6.07, 6.45) is 0. The molecular formula is C102H72N8. The van der Waals surface area contributed by atoms with Crippen molar-refractivity contribution in [2.45, 2.75) is 0 Å². The average Bonchev–Trinajstić information content (AvgIpc) is 0.778. The van der Waals surface area contributed by atoms with Gasteiger partial charge in [0.25, 0.3) is 0 Å². The Morgan fingerprint density at radius 3 is 0.527 bits per heavy atom. The Kier molecular flexibility index (Phi) is 18.7. The molecule has 4 heterocycles. The van der Waals surface area contributed by atoms with E-state index in [0.717, 1.165) is 168 Å². The van der Waals surface area contributed by atoms with Crippen LogP contribution in [-0.4, -0.2) is 19.9 Å². The summed E-state index contributed by atoms with van der Waals surface area (Å²) in [6.45, 7) is 0. The fourth-order valence-corrected chi connectivity index (χ4v) is 14.6. The van der Waals surface area contributed by atoms with Crippen LogP contribution in [0, 0.1) is 0 Å². The molecule has 0 spiro atoms. The Bertz CT molecular complexity index is 5880. The van der Waals surface area contributed by atoms with E-state index in [4.69, 9.17) is 19.9 Å². The zero-order valence-electron chi connectivity index (χ0n) is 60.1. The molecule has 0 saturated carbocycles. The third kappa shape index (κ3) is 14.1. The smallest absolute Gasteiger partial charge is 0.0972 e. The Morgan fingerprint density at radius 1 is 0.127 bits per heavy atom. The summed E-state index contributed by atoms with van der Waals surface area (Å²) in [5.74, 6) is 0. The minimum Gasteiger partial charge on any atom is -0.311 e. The van der Waals surface area contributed by atoms with E-state index in [9.17, 15) is 0 Å². The van der Waals surface area contributed by atoms with Crippen molar-refractivity contribution in [3.63, 3.8) is 0 Å². The molecule has 0 aliphatic rings. The second-order valence-electron chi connectivity index (χ2n) is 27.0. The Hall–Kier alpha value is -14.9. The Balaban J connectivity index is 0.000000162. The molecule has 110 heavy (non-hydrogen) atoms. The van der Waals surface area contributed by atoms with E-state index in [1.54, 1.807) is 0 Å². The largest absolute Gasteiger partial charge is 0.311 e. The van der Waals surface area contributed by atoms with E-state index in [-0.39, 0.29) is 0 Å². The van der Waals surface area contributed by atoms with Crippen molar-refractivity contribution < 1.29 is 0 Å². The first-order chi connectivity index (χ1) is 54.5. The van der Waals surface area contributed by atoms with Crippen molar-refractivity contribution in [1.29, 1.82) is 0 Å². The maximum absolute atomic E-state index is 5.18. The van der Waals surface area contributed by atoms with Gasteiger partial charge in [0.15, 0.2) is 0 Å². The molecule has 0 N–H and O–H groups in total. The van der Waals surface area contributed by atoms with Crippen LogP contribution in [0.25, 0.3) is 99.8 Å². The molecule has 0 fully saturated rings. The molecule has 19 aromatic rings. The lowest BCUT2D eigenvalue weighted by Crippen LogP contribution is -2.12. The fourth-order valence-electron chi connectivity index (χ4n) is 14.6. The molecule has 4 aromatic heterocycles. The third-order valence-electron chi connectivity index (χ3n) is 20.0. The second kappa shape index (κ2) is 30.7. The monoisotopic (exact) mass is 1410 g/mol. The normalized spacial score (nSPS) is 11.1. The van der Waals surface area contributed by atoms with Gasteiger partial charge in [0.1, 0.15) is 0 Å². The lowest BCUT2D eigenvalue weighted by molar-refractivity contribution is 1.25. The molecule has 0 saturated heterocycles. The van der Waals surface area contributed by atoms with Crippen LogP contribution in [0.1, 0.15) is 0 Å². The average molecular weight is 1410 g/mol. The number of para-hydroxylation sites is 6. The third-order valence-corrected chi connectivity index (χ3v) is 20.0. The zero-order chi connectivity index (χ0) is 73.4. The molecule has 0 aliphatic carbocycles. The lowest BCUT2D eigenvalue weighted by atomic mass is 10.0. The van der Waals surface area contributed by atoms with Crippen molar-refractivity contribution in [2.24, 2.45) is 0 Å². The summed E-state index contributed by atoms with van der Waals surface area (Å²) in [6, 6.07) is 153. The number of benzene rings is 15. The van der Waals surface area contributed by atoms with Crippen molar-refractivity contribution in [3.05, 3.63) is 437 Å². The summed E-state index contributed by atoms with van der Waals surface area (Å²) < 4.78 is 0. The van der Waals surface area contributed by atoms with E-state index in [1.165, 1.54) is 0 Å². The molecule has 8 heteroatoms. The van der Waals surface area contributed by atoms with E-state index in [2.05, 4.69) is 420 Å². The maximum Gasteiger partial charge on any atom is 0.0972 e. The topological polar surface area (TPSA) is 64.5 Å². The molecule has 15 aromatic carbocycles. The quantitative estimate of drug-likeness (QED) is 0.0836. The number of hydrogen-bond acceptors (Lipinski definition) is 8. The molecule has 0 atom stereocenters. The van der Waals surface area contributed by atoms with Crippen LogP contribution in [0.3, 0.4) is 0 Å². The standard InChI is InChI=1S/C60H46N4.C42H26N4/c1-7-19-49(20-8-1)61(50-21-9-2-10-22-50)57-39-43-59(44-40-57)63(53-27-15-5-16-28-53)55-35-31-47(32-36-55)48-33-37-56(38-34-48)64(54-29-17-6-18-30-54)60-45-41-58(42-46-60)62(51-23-11-3-12-24-51)52-25-13-4-14-26-52;1-3-8-27(9-4-1)35-22-18-29-14-16-31-20-24-37(45-41(31)39(29)43-35)33-12-7-13-34(26-33)38-25-21-32-17-15-30-19-23-36(28-10-5-2-6-11-28)44-40(30)42(32)46-38/h1-46H;1-26H. The fraction of sp³-hybridized carbons (Fsp3) is 0. The molecule has 0 aliphatic heterocycles. The molecule has 0 radical (unpaired) electrons. The number of anilines is 12. The number of hydrogen-bond donors (Lipinski definition) is 0. The highest BCUT2D eigenvalue weighted by Crippen LogP contribution is 2.43. The van der Waals surface area contributed by atoms with Crippen LogP contribution in [0.4, 0.5) is 68.2 Å². The SMILES string of the molecule is c1ccc(-c2ccc3ccc4ccc(-c5cccc(-c6ccc7ccc8ccc(-c9ccccc9)nc8c7n6)c5)nc4c3n2)cc1.c1ccc(N(c2ccccc2)c2ccc(N(c3ccccc3)c3ccc(-c4ccc(N(c5ccccc5)c5ccc(N(c6ccccc6)c6ccccc6)cc5)cc4)cc3)cc2)cc1. The molecule has 0 amide bonds. The number of pyridine rings is 4. The Morgan fingerprint density at radius 2 is 0.300 bits per heavy atom. The molecule has 0 bridgehead atoms. The van der Waals surface area contributed by atoms with Gasteiger partial charge in [0, 0.05) is 112 Å². The zero-order valence-corrected chi connectivity index (χ0v) is 60.1. The van der Waals surface area contributed by atoms with Crippen molar-refractivity contribution in [3.8, 4) is 56.2 Å². The van der Waals surface area contributed by atoms with Gasteiger partial charge in [-0.2, -0.15) is 0 Å². The minimum absolute atomic E-state index is 0.897. The predicted octanol–water partition coefficient (Wildman–Crippen LogP) is 27.8. The van der Waals surface area contributed by atoms with Crippen molar-refractivity contribution in [2.75, 3.05) is 19.6 Å². The van der Waals surface area contributed by atoms with Gasteiger partial charge < -0.3 is 19.6 Å². The van der Waals surface area contributed by atoms with E-state index < -0.39 is 0 Å². The Labute approximate surface area is 640 Å². The van der Waals surface area contributed by atoms with E-state index in [1.807, 2.05) is 36.4 Å². The van der Waals surface area contributed by atoms with Crippen LogP contribution in [0.5, 0.6) is 0 Å². The number of rotatable bonds is 17. The molecule has 0 unspecified atom stereocenters. The number of fused-ring (bicyclic) bond motifs is 6. The summed E-state index contributed by atoms with van der Waals surface area (Å²) >= 11 is 0.